The van der Waals surface area contributed by atoms with Gasteiger partial charge in [-0.1, -0.05) is 12.1 Å². The second-order valence-corrected chi connectivity index (χ2v) is 5.78. The molecule has 1 atom stereocenters. The molecule has 1 aromatic heterocycles. The summed E-state index contributed by atoms with van der Waals surface area (Å²) in [6.07, 6.45) is 5.84. The minimum Gasteiger partial charge on any atom is -0.491 e. The normalized spacial score (nSPS) is 16.9. The molecule has 0 saturated carbocycles. The number of aromatic nitrogens is 3. The van der Waals surface area contributed by atoms with Gasteiger partial charge in [0.2, 0.25) is 5.91 Å². The summed E-state index contributed by atoms with van der Waals surface area (Å²) >= 11 is 0. The lowest BCUT2D eigenvalue weighted by molar-refractivity contribution is -0.121. The monoisotopic (exact) mass is 330 g/mol. The van der Waals surface area contributed by atoms with E-state index >= 15 is 0 Å². The van der Waals surface area contributed by atoms with Crippen molar-refractivity contribution < 1.29 is 14.3 Å². The van der Waals surface area contributed by atoms with Crippen LogP contribution in [0.25, 0.3) is 0 Å². The van der Waals surface area contributed by atoms with Gasteiger partial charge in [0.1, 0.15) is 25.0 Å². The van der Waals surface area contributed by atoms with Crippen LogP contribution in [0.4, 0.5) is 0 Å². The van der Waals surface area contributed by atoms with E-state index in [1.54, 1.807) is 11.0 Å². The van der Waals surface area contributed by atoms with Crippen LogP contribution in [0.15, 0.2) is 36.9 Å². The molecule has 0 radical (unpaired) electrons. The second kappa shape index (κ2) is 8.44. The number of carbonyl (C=O) groups is 1. The van der Waals surface area contributed by atoms with Crippen LogP contribution in [0.3, 0.4) is 0 Å². The molecule has 1 aliphatic rings. The number of nitrogens with one attached hydrogen (secondary N) is 1. The molecule has 1 saturated heterocycles. The van der Waals surface area contributed by atoms with Crippen LogP contribution in [0, 0.1) is 0 Å². The molecule has 0 bridgehead atoms. The predicted octanol–water partition coefficient (Wildman–Crippen LogP) is 1.54. The largest absolute Gasteiger partial charge is 0.491 e. The van der Waals surface area contributed by atoms with Crippen molar-refractivity contribution in [1.29, 1.82) is 0 Å². The molecule has 1 aliphatic heterocycles. The van der Waals surface area contributed by atoms with E-state index in [1.165, 1.54) is 6.33 Å². The highest BCUT2D eigenvalue weighted by molar-refractivity contribution is 5.75. The first-order valence-corrected chi connectivity index (χ1v) is 8.22. The summed E-state index contributed by atoms with van der Waals surface area (Å²) in [6, 6.07) is 7.77. The molecule has 1 fully saturated rings. The third-order valence-corrected chi connectivity index (χ3v) is 3.91. The quantitative estimate of drug-likeness (QED) is 0.794. The van der Waals surface area contributed by atoms with Crippen molar-refractivity contribution >= 4 is 5.91 Å². The van der Waals surface area contributed by atoms with E-state index in [-0.39, 0.29) is 12.0 Å². The minimum absolute atomic E-state index is 0.00999. The average Bonchev–Trinajstić information content (AvgIpc) is 3.30. The molecule has 0 aliphatic carbocycles. The van der Waals surface area contributed by atoms with Crippen LogP contribution in [-0.2, 0) is 22.6 Å². The molecular weight excluding hydrogens is 308 g/mol. The lowest BCUT2D eigenvalue weighted by atomic mass is 10.2. The van der Waals surface area contributed by atoms with Crippen molar-refractivity contribution in [2.45, 2.75) is 38.5 Å². The molecule has 2 heterocycles. The molecular formula is C17H22N4O3. The standard InChI is InChI=1S/C17H22N4O3/c22-17(7-8-21-13-18-12-20-21)19-10-14-3-5-15(6-4-14)24-11-16-2-1-9-23-16/h3-6,12-13,16H,1-2,7-11H2,(H,19,22)/t16-/m1/s1. The van der Waals surface area contributed by atoms with Gasteiger partial charge in [-0.2, -0.15) is 5.10 Å². The maximum absolute atomic E-state index is 11.8. The molecule has 3 rings (SSSR count). The predicted molar refractivity (Wildman–Crippen MR) is 87.4 cm³/mol. The number of nitrogens with zero attached hydrogens (tertiary/aromatic N) is 3. The molecule has 1 aromatic carbocycles. The third-order valence-electron chi connectivity index (χ3n) is 3.91. The Morgan fingerprint density at radius 3 is 2.96 bits per heavy atom. The number of rotatable bonds is 8. The molecule has 2 aromatic rings. The van der Waals surface area contributed by atoms with Crippen molar-refractivity contribution in [2.24, 2.45) is 0 Å². The second-order valence-electron chi connectivity index (χ2n) is 5.78. The summed E-state index contributed by atoms with van der Waals surface area (Å²) in [5, 5.41) is 6.86. The van der Waals surface area contributed by atoms with E-state index in [2.05, 4.69) is 15.4 Å². The Hall–Kier alpha value is -2.41. The first-order valence-electron chi connectivity index (χ1n) is 8.22. The zero-order valence-corrected chi connectivity index (χ0v) is 13.6. The first kappa shape index (κ1) is 16.4. The van der Waals surface area contributed by atoms with Crippen LogP contribution in [0.2, 0.25) is 0 Å². The highest BCUT2D eigenvalue weighted by Crippen LogP contribution is 2.16. The van der Waals surface area contributed by atoms with Crippen molar-refractivity contribution in [3.63, 3.8) is 0 Å². The van der Waals surface area contributed by atoms with Crippen molar-refractivity contribution in [3.8, 4) is 5.75 Å². The molecule has 1 amide bonds. The van der Waals surface area contributed by atoms with Gasteiger partial charge in [0.15, 0.2) is 0 Å². The van der Waals surface area contributed by atoms with Gasteiger partial charge < -0.3 is 14.8 Å². The van der Waals surface area contributed by atoms with Gasteiger partial charge in [0, 0.05) is 19.6 Å². The van der Waals surface area contributed by atoms with Gasteiger partial charge in [-0.25, -0.2) is 4.98 Å². The Morgan fingerprint density at radius 1 is 1.38 bits per heavy atom. The number of hydrogen-bond donors (Lipinski definition) is 1. The van der Waals surface area contributed by atoms with Crippen molar-refractivity contribution in [1.82, 2.24) is 20.1 Å². The summed E-state index contributed by atoms with van der Waals surface area (Å²) in [5.41, 5.74) is 1.04. The van der Waals surface area contributed by atoms with Crippen LogP contribution in [0.5, 0.6) is 5.75 Å². The van der Waals surface area contributed by atoms with E-state index in [1.807, 2.05) is 24.3 Å². The van der Waals surface area contributed by atoms with E-state index in [9.17, 15) is 4.79 Å². The summed E-state index contributed by atoms with van der Waals surface area (Å²) in [4.78, 5) is 15.7. The van der Waals surface area contributed by atoms with Crippen LogP contribution in [-0.4, -0.2) is 40.0 Å². The van der Waals surface area contributed by atoms with Crippen molar-refractivity contribution in [2.75, 3.05) is 13.2 Å². The molecule has 7 heteroatoms. The van der Waals surface area contributed by atoms with Gasteiger partial charge in [-0.15, -0.1) is 0 Å². The Morgan fingerprint density at radius 2 is 2.25 bits per heavy atom. The van der Waals surface area contributed by atoms with Gasteiger partial charge in [-0.05, 0) is 30.5 Å². The number of ether oxygens (including phenoxy) is 2. The number of carbonyl (C=O) groups excluding carboxylic acids is 1. The highest BCUT2D eigenvalue weighted by atomic mass is 16.5. The van der Waals surface area contributed by atoms with Crippen LogP contribution in [0.1, 0.15) is 24.8 Å². The zero-order chi connectivity index (χ0) is 16.6. The van der Waals surface area contributed by atoms with E-state index < -0.39 is 0 Å². The minimum atomic E-state index is -0.00999. The summed E-state index contributed by atoms with van der Waals surface area (Å²) < 4.78 is 12.9. The molecule has 1 N–H and O–H groups in total. The summed E-state index contributed by atoms with van der Waals surface area (Å²) in [7, 11) is 0. The molecule has 0 spiro atoms. The number of benzene rings is 1. The van der Waals surface area contributed by atoms with Gasteiger partial charge >= 0.3 is 0 Å². The fourth-order valence-electron chi connectivity index (χ4n) is 2.52. The lowest BCUT2D eigenvalue weighted by Gasteiger charge is -2.12. The van der Waals surface area contributed by atoms with E-state index in [0.717, 1.165) is 30.8 Å². The topological polar surface area (TPSA) is 78.3 Å². The first-order chi connectivity index (χ1) is 11.8. The fourth-order valence-corrected chi connectivity index (χ4v) is 2.52. The average molecular weight is 330 g/mol. The smallest absolute Gasteiger partial charge is 0.222 e. The number of hydrogen-bond acceptors (Lipinski definition) is 5. The van der Waals surface area contributed by atoms with Gasteiger partial charge in [-0.3, -0.25) is 9.48 Å². The molecule has 0 unspecified atom stereocenters. The fraction of sp³-hybridized carbons (Fsp3) is 0.471. The summed E-state index contributed by atoms with van der Waals surface area (Å²) in [6.45, 7) is 2.46. The third kappa shape index (κ3) is 5.06. The van der Waals surface area contributed by atoms with Crippen LogP contribution >= 0.6 is 0 Å². The Kier molecular flexibility index (Phi) is 5.79. The van der Waals surface area contributed by atoms with E-state index in [4.69, 9.17) is 9.47 Å². The summed E-state index contributed by atoms with van der Waals surface area (Å²) in [5.74, 6) is 0.816. The number of amides is 1. The van der Waals surface area contributed by atoms with Gasteiger partial charge in [0.25, 0.3) is 0 Å². The van der Waals surface area contributed by atoms with Gasteiger partial charge in [0.05, 0.1) is 12.6 Å². The molecule has 7 nitrogen and oxygen atoms in total. The Bertz CT molecular complexity index is 622. The maximum Gasteiger partial charge on any atom is 0.222 e. The van der Waals surface area contributed by atoms with E-state index in [0.29, 0.717) is 26.1 Å². The molecule has 24 heavy (non-hydrogen) atoms. The Labute approximate surface area is 141 Å². The van der Waals surface area contributed by atoms with Crippen LogP contribution < -0.4 is 10.1 Å². The van der Waals surface area contributed by atoms with Crippen molar-refractivity contribution in [3.05, 3.63) is 42.5 Å². The zero-order valence-electron chi connectivity index (χ0n) is 13.6. The maximum atomic E-state index is 11.8. The lowest BCUT2D eigenvalue weighted by Crippen LogP contribution is -2.24. The number of aryl methyl sites for hydroxylation is 1. The molecule has 128 valence electrons. The highest BCUT2D eigenvalue weighted by Gasteiger charge is 2.15. The SMILES string of the molecule is O=C(CCn1cncn1)NCc1ccc(OC[C@H]2CCCO2)cc1. The Balaban J connectivity index is 1.36.